The van der Waals surface area contributed by atoms with Gasteiger partial charge in [-0.25, -0.2) is 4.39 Å². The van der Waals surface area contributed by atoms with Crippen LogP contribution in [0.5, 0.6) is 0 Å². The van der Waals surface area contributed by atoms with Crippen LogP contribution < -0.4 is 5.73 Å². The molecule has 2 aromatic rings. The summed E-state index contributed by atoms with van der Waals surface area (Å²) in [6.45, 7) is 1.99. The zero-order valence-corrected chi connectivity index (χ0v) is 9.56. The van der Waals surface area contributed by atoms with Crippen LogP contribution in [0.3, 0.4) is 0 Å². The smallest absolute Gasteiger partial charge is 0.260 e. The summed E-state index contributed by atoms with van der Waals surface area (Å²) in [5.74, 6) is 0.335. The molecule has 90 valence electrons. The summed E-state index contributed by atoms with van der Waals surface area (Å²) in [5.41, 5.74) is 6.10. The fourth-order valence-corrected chi connectivity index (χ4v) is 1.46. The van der Waals surface area contributed by atoms with Gasteiger partial charge in [-0.1, -0.05) is 24.2 Å². The first-order valence-corrected chi connectivity index (χ1v) is 5.53. The third-order valence-electron chi connectivity index (χ3n) is 2.54. The first kappa shape index (κ1) is 11.7. The van der Waals surface area contributed by atoms with Gasteiger partial charge in [-0.05, 0) is 18.6 Å². The van der Waals surface area contributed by atoms with Crippen molar-refractivity contribution in [2.75, 3.05) is 0 Å². The Kier molecular flexibility index (Phi) is 3.49. The third kappa shape index (κ3) is 2.68. The molecule has 0 aliphatic rings. The van der Waals surface area contributed by atoms with E-state index in [1.807, 2.05) is 6.92 Å². The van der Waals surface area contributed by atoms with Gasteiger partial charge in [-0.3, -0.25) is 0 Å². The largest absolute Gasteiger partial charge is 0.334 e. The number of hydrogen-bond donors (Lipinski definition) is 1. The molecular formula is C12H14FN3O. The Labute approximate surface area is 98.6 Å². The molecule has 1 unspecified atom stereocenters. The van der Waals surface area contributed by atoms with Gasteiger partial charge >= 0.3 is 0 Å². The van der Waals surface area contributed by atoms with Gasteiger partial charge in [-0.15, -0.1) is 0 Å². The van der Waals surface area contributed by atoms with E-state index in [-0.39, 0.29) is 17.7 Å². The third-order valence-corrected chi connectivity index (χ3v) is 2.54. The highest BCUT2D eigenvalue weighted by Gasteiger charge is 2.13. The van der Waals surface area contributed by atoms with Crippen molar-refractivity contribution in [2.45, 2.75) is 25.8 Å². The number of halogens is 1. The standard InChI is InChI=1S/C12H14FN3O/c1-2-8(14)7-11-15-12(17-16-11)9-5-3-4-6-10(9)13/h3-6,8H,2,7,14H2,1H3. The first-order chi connectivity index (χ1) is 8.20. The van der Waals surface area contributed by atoms with Crippen LogP contribution in [0.2, 0.25) is 0 Å². The predicted molar refractivity (Wildman–Crippen MR) is 61.7 cm³/mol. The van der Waals surface area contributed by atoms with E-state index in [9.17, 15) is 4.39 Å². The summed E-state index contributed by atoms with van der Waals surface area (Å²) >= 11 is 0. The molecule has 0 saturated heterocycles. The van der Waals surface area contributed by atoms with Crippen molar-refractivity contribution < 1.29 is 8.91 Å². The van der Waals surface area contributed by atoms with E-state index in [1.54, 1.807) is 18.2 Å². The molecule has 0 radical (unpaired) electrons. The second kappa shape index (κ2) is 5.05. The summed E-state index contributed by atoms with van der Waals surface area (Å²) in [6, 6.07) is 6.30. The Morgan fingerprint density at radius 2 is 2.18 bits per heavy atom. The second-order valence-electron chi connectivity index (χ2n) is 3.87. The fraction of sp³-hybridized carbons (Fsp3) is 0.333. The minimum atomic E-state index is -0.373. The van der Waals surface area contributed by atoms with Crippen LogP contribution in [0, 0.1) is 5.82 Å². The highest BCUT2D eigenvalue weighted by atomic mass is 19.1. The van der Waals surface area contributed by atoms with E-state index < -0.39 is 0 Å². The Morgan fingerprint density at radius 1 is 1.41 bits per heavy atom. The Hall–Kier alpha value is -1.75. The number of nitrogens with zero attached hydrogens (tertiary/aromatic N) is 2. The van der Waals surface area contributed by atoms with Crippen molar-refractivity contribution in [2.24, 2.45) is 5.73 Å². The molecule has 17 heavy (non-hydrogen) atoms. The maximum absolute atomic E-state index is 13.5. The van der Waals surface area contributed by atoms with E-state index in [1.165, 1.54) is 6.07 Å². The number of nitrogens with two attached hydrogens (primary N) is 1. The Morgan fingerprint density at radius 3 is 2.88 bits per heavy atom. The molecule has 5 heteroatoms. The molecular weight excluding hydrogens is 221 g/mol. The molecule has 0 fully saturated rings. The zero-order chi connectivity index (χ0) is 12.3. The maximum Gasteiger partial charge on any atom is 0.260 e. The van der Waals surface area contributed by atoms with Crippen molar-refractivity contribution >= 4 is 0 Å². The molecule has 0 aliphatic carbocycles. The van der Waals surface area contributed by atoms with Crippen LogP contribution in [0.1, 0.15) is 19.2 Å². The van der Waals surface area contributed by atoms with Gasteiger partial charge in [0.2, 0.25) is 0 Å². The van der Waals surface area contributed by atoms with E-state index in [4.69, 9.17) is 10.3 Å². The highest BCUT2D eigenvalue weighted by molar-refractivity contribution is 5.53. The van der Waals surface area contributed by atoms with Crippen LogP contribution >= 0.6 is 0 Å². The molecule has 1 atom stereocenters. The van der Waals surface area contributed by atoms with Gasteiger partial charge < -0.3 is 10.3 Å². The number of aromatic nitrogens is 2. The zero-order valence-electron chi connectivity index (χ0n) is 9.56. The van der Waals surface area contributed by atoms with Gasteiger partial charge in [0.25, 0.3) is 5.89 Å². The lowest BCUT2D eigenvalue weighted by Crippen LogP contribution is -2.21. The minimum absolute atomic E-state index is 0.000991. The molecule has 0 bridgehead atoms. The van der Waals surface area contributed by atoms with E-state index in [0.29, 0.717) is 17.8 Å². The van der Waals surface area contributed by atoms with Crippen LogP contribution in [0.25, 0.3) is 11.5 Å². The Bertz CT molecular complexity index is 498. The van der Waals surface area contributed by atoms with Gasteiger partial charge in [0.05, 0.1) is 5.56 Å². The Balaban J connectivity index is 2.21. The molecule has 1 aromatic heterocycles. The summed E-state index contributed by atoms with van der Waals surface area (Å²) < 4.78 is 18.5. The molecule has 4 nitrogen and oxygen atoms in total. The van der Waals surface area contributed by atoms with Crippen molar-refractivity contribution in [3.05, 3.63) is 35.9 Å². The molecule has 2 rings (SSSR count). The average Bonchev–Trinajstić information content (AvgIpc) is 2.78. The normalized spacial score (nSPS) is 12.6. The van der Waals surface area contributed by atoms with Crippen LogP contribution in [0.4, 0.5) is 4.39 Å². The topological polar surface area (TPSA) is 64.9 Å². The summed E-state index contributed by atoms with van der Waals surface area (Å²) in [6.07, 6.45) is 1.37. The van der Waals surface area contributed by atoms with Crippen LogP contribution in [-0.4, -0.2) is 16.2 Å². The summed E-state index contributed by atoms with van der Waals surface area (Å²) in [7, 11) is 0. The monoisotopic (exact) mass is 235 g/mol. The predicted octanol–water partition coefficient (Wildman–Crippen LogP) is 2.16. The lowest BCUT2D eigenvalue weighted by Gasteiger charge is -2.02. The minimum Gasteiger partial charge on any atom is -0.334 e. The molecule has 1 heterocycles. The first-order valence-electron chi connectivity index (χ1n) is 5.53. The van der Waals surface area contributed by atoms with E-state index in [0.717, 1.165) is 6.42 Å². The molecule has 1 aromatic carbocycles. The van der Waals surface area contributed by atoms with Crippen molar-refractivity contribution in [3.8, 4) is 11.5 Å². The second-order valence-corrected chi connectivity index (χ2v) is 3.87. The highest BCUT2D eigenvalue weighted by Crippen LogP contribution is 2.20. The lowest BCUT2D eigenvalue weighted by atomic mass is 10.1. The van der Waals surface area contributed by atoms with Crippen molar-refractivity contribution in [1.82, 2.24) is 10.1 Å². The fourth-order valence-electron chi connectivity index (χ4n) is 1.46. The van der Waals surface area contributed by atoms with Gasteiger partial charge in [0.15, 0.2) is 5.82 Å². The number of benzene rings is 1. The summed E-state index contributed by atoms with van der Waals surface area (Å²) in [4.78, 5) is 4.13. The van der Waals surface area contributed by atoms with E-state index in [2.05, 4.69) is 10.1 Å². The van der Waals surface area contributed by atoms with Crippen LogP contribution in [-0.2, 0) is 6.42 Å². The number of rotatable bonds is 4. The molecule has 2 N–H and O–H groups in total. The lowest BCUT2D eigenvalue weighted by molar-refractivity contribution is 0.417. The van der Waals surface area contributed by atoms with Crippen molar-refractivity contribution in [1.29, 1.82) is 0 Å². The summed E-state index contributed by atoms with van der Waals surface area (Å²) in [5, 5.41) is 3.79. The van der Waals surface area contributed by atoms with Crippen molar-refractivity contribution in [3.63, 3.8) is 0 Å². The molecule has 0 spiro atoms. The average molecular weight is 235 g/mol. The van der Waals surface area contributed by atoms with Gasteiger partial charge in [0.1, 0.15) is 5.82 Å². The quantitative estimate of drug-likeness (QED) is 0.881. The SMILES string of the molecule is CCC(N)Cc1noc(-c2ccccc2F)n1. The van der Waals surface area contributed by atoms with E-state index >= 15 is 0 Å². The number of hydrogen-bond acceptors (Lipinski definition) is 4. The maximum atomic E-state index is 13.5. The molecule has 0 amide bonds. The molecule has 0 saturated carbocycles. The van der Waals surface area contributed by atoms with Gasteiger partial charge in [-0.2, -0.15) is 4.98 Å². The molecule has 0 aliphatic heterocycles. The van der Waals surface area contributed by atoms with Crippen LogP contribution in [0.15, 0.2) is 28.8 Å². The van der Waals surface area contributed by atoms with Gasteiger partial charge in [0, 0.05) is 12.5 Å².